The van der Waals surface area contributed by atoms with Gasteiger partial charge in [0, 0.05) is 19.2 Å². The highest BCUT2D eigenvalue weighted by Gasteiger charge is 2.45. The monoisotopic (exact) mass is 324 g/mol. The van der Waals surface area contributed by atoms with Crippen molar-refractivity contribution in [3.63, 3.8) is 0 Å². The molecule has 124 valence electrons. The summed E-state index contributed by atoms with van der Waals surface area (Å²) in [7, 11) is 1.84. The number of amides is 1. The largest absolute Gasteiger partial charge is 0.486 e. The summed E-state index contributed by atoms with van der Waals surface area (Å²) in [5, 5.41) is 0. The zero-order valence-corrected chi connectivity index (χ0v) is 13.6. The standard InChI is InChI=1S/C19H20N2O3/c1-21(12-14-4-2-3-7-20-14)19(22)16-11-15(16)13-5-6-17-18(10-13)24-9-8-23-17/h2-7,10,15-16H,8-9,11-12H2,1H3/t15-,16-/m1/s1. The number of aromatic nitrogens is 1. The molecule has 5 nitrogen and oxygen atoms in total. The van der Waals surface area contributed by atoms with Crippen LogP contribution in [-0.4, -0.2) is 36.1 Å². The summed E-state index contributed by atoms with van der Waals surface area (Å²) in [4.78, 5) is 18.7. The summed E-state index contributed by atoms with van der Waals surface area (Å²) in [6, 6.07) is 11.8. The van der Waals surface area contributed by atoms with Gasteiger partial charge in [0.25, 0.3) is 0 Å². The summed E-state index contributed by atoms with van der Waals surface area (Å²) in [6.07, 6.45) is 2.65. The quantitative estimate of drug-likeness (QED) is 0.867. The van der Waals surface area contributed by atoms with Crippen LogP contribution in [0.1, 0.15) is 23.6 Å². The van der Waals surface area contributed by atoms with Gasteiger partial charge in [-0.2, -0.15) is 0 Å². The van der Waals surface area contributed by atoms with Crippen molar-refractivity contribution < 1.29 is 14.3 Å². The smallest absolute Gasteiger partial charge is 0.226 e. The topological polar surface area (TPSA) is 51.7 Å². The molecule has 0 saturated heterocycles. The van der Waals surface area contributed by atoms with Gasteiger partial charge >= 0.3 is 0 Å². The zero-order chi connectivity index (χ0) is 16.5. The van der Waals surface area contributed by atoms with Crippen LogP contribution in [0.5, 0.6) is 11.5 Å². The molecular weight excluding hydrogens is 304 g/mol. The maximum absolute atomic E-state index is 12.6. The molecule has 4 rings (SSSR count). The number of benzene rings is 1. The Morgan fingerprint density at radius 1 is 1.21 bits per heavy atom. The number of hydrogen-bond acceptors (Lipinski definition) is 4. The summed E-state index contributed by atoms with van der Waals surface area (Å²) in [6.45, 7) is 1.72. The molecule has 0 spiro atoms. The van der Waals surface area contributed by atoms with Crippen molar-refractivity contribution in [1.82, 2.24) is 9.88 Å². The van der Waals surface area contributed by atoms with Crippen molar-refractivity contribution in [2.24, 2.45) is 5.92 Å². The summed E-state index contributed by atoms with van der Waals surface area (Å²) in [5.41, 5.74) is 2.06. The molecule has 1 amide bonds. The lowest BCUT2D eigenvalue weighted by Crippen LogP contribution is -2.28. The van der Waals surface area contributed by atoms with E-state index in [1.165, 1.54) is 0 Å². The third-order valence-electron chi connectivity index (χ3n) is 4.60. The zero-order valence-electron chi connectivity index (χ0n) is 13.6. The van der Waals surface area contributed by atoms with Crippen molar-refractivity contribution in [2.45, 2.75) is 18.9 Å². The highest BCUT2D eigenvalue weighted by atomic mass is 16.6. The molecule has 24 heavy (non-hydrogen) atoms. The Kier molecular flexibility index (Phi) is 3.84. The number of carbonyl (C=O) groups is 1. The third kappa shape index (κ3) is 2.94. The van der Waals surface area contributed by atoms with E-state index in [9.17, 15) is 4.79 Å². The number of carbonyl (C=O) groups excluding carboxylic acids is 1. The van der Waals surface area contributed by atoms with Crippen LogP contribution in [0.15, 0.2) is 42.6 Å². The Balaban J connectivity index is 1.41. The van der Waals surface area contributed by atoms with Gasteiger partial charge in [0.05, 0.1) is 12.2 Å². The van der Waals surface area contributed by atoms with Crippen molar-refractivity contribution in [3.8, 4) is 11.5 Å². The van der Waals surface area contributed by atoms with Crippen LogP contribution < -0.4 is 9.47 Å². The van der Waals surface area contributed by atoms with Gasteiger partial charge in [-0.25, -0.2) is 0 Å². The second kappa shape index (κ2) is 6.15. The van der Waals surface area contributed by atoms with Crippen LogP contribution in [0.25, 0.3) is 0 Å². The lowest BCUT2D eigenvalue weighted by Gasteiger charge is -2.19. The van der Waals surface area contributed by atoms with Crippen LogP contribution in [0.3, 0.4) is 0 Å². The SMILES string of the molecule is CN(Cc1ccccn1)C(=O)[C@@H]1C[C@@H]1c1ccc2c(c1)OCCO2. The molecule has 1 fully saturated rings. The van der Waals surface area contributed by atoms with Gasteiger partial charge in [-0.3, -0.25) is 9.78 Å². The van der Waals surface area contributed by atoms with Crippen LogP contribution in [0, 0.1) is 5.92 Å². The van der Waals surface area contributed by atoms with E-state index < -0.39 is 0 Å². The molecule has 1 saturated carbocycles. The number of nitrogens with zero attached hydrogens (tertiary/aromatic N) is 2. The Bertz CT molecular complexity index is 748. The lowest BCUT2D eigenvalue weighted by molar-refractivity contribution is -0.131. The van der Waals surface area contributed by atoms with E-state index in [0.29, 0.717) is 19.8 Å². The van der Waals surface area contributed by atoms with Gasteiger partial charge in [0.1, 0.15) is 13.2 Å². The summed E-state index contributed by atoms with van der Waals surface area (Å²) >= 11 is 0. The maximum atomic E-state index is 12.6. The second-order valence-corrected chi connectivity index (χ2v) is 6.37. The molecule has 2 heterocycles. The second-order valence-electron chi connectivity index (χ2n) is 6.37. The average molecular weight is 324 g/mol. The van der Waals surface area contributed by atoms with Gasteiger partial charge < -0.3 is 14.4 Å². The van der Waals surface area contributed by atoms with Gasteiger partial charge in [0.2, 0.25) is 5.91 Å². The fourth-order valence-electron chi connectivity index (χ4n) is 3.22. The minimum Gasteiger partial charge on any atom is -0.486 e. The van der Waals surface area contributed by atoms with Crippen molar-refractivity contribution >= 4 is 5.91 Å². The number of rotatable bonds is 4. The number of ether oxygens (including phenoxy) is 2. The van der Waals surface area contributed by atoms with Gasteiger partial charge in [-0.05, 0) is 42.2 Å². The van der Waals surface area contributed by atoms with E-state index in [4.69, 9.17) is 9.47 Å². The molecule has 0 bridgehead atoms. The number of fused-ring (bicyclic) bond motifs is 1. The van der Waals surface area contributed by atoms with E-state index in [2.05, 4.69) is 4.98 Å². The van der Waals surface area contributed by atoms with Crippen molar-refractivity contribution in [3.05, 3.63) is 53.9 Å². The van der Waals surface area contributed by atoms with E-state index in [1.54, 1.807) is 11.1 Å². The predicted molar refractivity (Wildman–Crippen MR) is 89.0 cm³/mol. The number of hydrogen-bond donors (Lipinski definition) is 0. The van der Waals surface area contributed by atoms with Crippen LogP contribution in [0.2, 0.25) is 0 Å². The Labute approximate surface area is 141 Å². The molecule has 1 aliphatic heterocycles. The van der Waals surface area contributed by atoms with Gasteiger partial charge in [-0.15, -0.1) is 0 Å². The van der Waals surface area contributed by atoms with Crippen LogP contribution in [0.4, 0.5) is 0 Å². The van der Waals surface area contributed by atoms with Gasteiger partial charge in [-0.1, -0.05) is 12.1 Å². The normalized spacial score (nSPS) is 21.2. The minimum absolute atomic E-state index is 0.0567. The molecule has 1 aliphatic carbocycles. The van der Waals surface area contributed by atoms with Crippen molar-refractivity contribution in [1.29, 1.82) is 0 Å². The highest BCUT2D eigenvalue weighted by molar-refractivity contribution is 5.82. The first-order valence-electron chi connectivity index (χ1n) is 8.27. The first-order chi connectivity index (χ1) is 11.7. The van der Waals surface area contributed by atoms with E-state index in [1.807, 2.05) is 43.4 Å². The molecule has 2 aliphatic rings. The first kappa shape index (κ1) is 15.0. The van der Waals surface area contributed by atoms with Crippen LogP contribution in [-0.2, 0) is 11.3 Å². The Morgan fingerprint density at radius 3 is 2.83 bits per heavy atom. The molecule has 1 aromatic heterocycles. The molecule has 2 aromatic rings. The van der Waals surface area contributed by atoms with E-state index >= 15 is 0 Å². The maximum Gasteiger partial charge on any atom is 0.226 e. The molecule has 5 heteroatoms. The Morgan fingerprint density at radius 2 is 2.04 bits per heavy atom. The first-order valence-corrected chi connectivity index (χ1v) is 8.27. The Hall–Kier alpha value is -2.56. The van der Waals surface area contributed by atoms with Crippen molar-refractivity contribution in [2.75, 3.05) is 20.3 Å². The highest BCUT2D eigenvalue weighted by Crippen LogP contribution is 2.50. The molecule has 0 unspecified atom stereocenters. The van der Waals surface area contributed by atoms with Gasteiger partial charge in [0.15, 0.2) is 11.5 Å². The predicted octanol–water partition coefficient (Wildman–Crippen LogP) is 2.61. The number of pyridine rings is 1. The molecule has 1 aromatic carbocycles. The molecule has 0 N–H and O–H groups in total. The summed E-state index contributed by atoms with van der Waals surface area (Å²) in [5.74, 6) is 2.10. The molecule has 0 radical (unpaired) electrons. The average Bonchev–Trinajstić information content (AvgIpc) is 3.42. The fraction of sp³-hybridized carbons (Fsp3) is 0.368. The van der Waals surface area contributed by atoms with Crippen LogP contribution >= 0.6 is 0 Å². The molecular formula is C19H20N2O3. The third-order valence-corrected chi connectivity index (χ3v) is 4.60. The van der Waals surface area contributed by atoms with E-state index in [0.717, 1.165) is 29.2 Å². The minimum atomic E-state index is 0.0567. The summed E-state index contributed by atoms with van der Waals surface area (Å²) < 4.78 is 11.2. The fourth-order valence-corrected chi connectivity index (χ4v) is 3.22. The lowest BCUT2D eigenvalue weighted by atomic mass is 10.1. The molecule has 2 atom stereocenters. The van der Waals surface area contributed by atoms with E-state index in [-0.39, 0.29) is 17.7 Å².